The normalized spacial score (nSPS) is 14.9. The van der Waals surface area contributed by atoms with E-state index in [0.717, 1.165) is 55.3 Å². The third kappa shape index (κ3) is 7.69. The molecule has 1 aliphatic heterocycles. The highest BCUT2D eigenvalue weighted by molar-refractivity contribution is 8.00. The lowest BCUT2D eigenvalue weighted by Gasteiger charge is -2.32. The number of likely N-dealkylation sites (N-methyl/N-ethyl adjacent to an activating group) is 1. The topological polar surface area (TPSA) is 64.7 Å². The van der Waals surface area contributed by atoms with Crippen molar-refractivity contribution < 1.29 is 9.59 Å². The highest BCUT2D eigenvalue weighted by Crippen LogP contribution is 2.23. The molecule has 6 nitrogen and oxygen atoms in total. The molecule has 1 aliphatic rings. The minimum absolute atomic E-state index is 0.0829. The van der Waals surface area contributed by atoms with Crippen LogP contribution in [0.3, 0.4) is 0 Å². The summed E-state index contributed by atoms with van der Waals surface area (Å²) in [4.78, 5) is 30.6. The van der Waals surface area contributed by atoms with Crippen LogP contribution in [0.15, 0.2) is 53.4 Å². The Kier molecular flexibility index (Phi) is 8.94. The molecular weight excluding hydrogens is 408 g/mol. The number of carbonyl (C=O) groups is 2. The number of piperazine rings is 1. The maximum atomic E-state index is 12.7. The van der Waals surface area contributed by atoms with Gasteiger partial charge in [-0.05, 0) is 51.2 Å². The summed E-state index contributed by atoms with van der Waals surface area (Å²) in [6.07, 6.45) is 0.934. The van der Waals surface area contributed by atoms with E-state index < -0.39 is 0 Å². The molecule has 0 unspecified atom stereocenters. The van der Waals surface area contributed by atoms with Gasteiger partial charge in [0.25, 0.3) is 5.91 Å². The minimum Gasteiger partial charge on any atom is -0.352 e. The Balaban J connectivity index is 1.43. The number of rotatable bonds is 9. The van der Waals surface area contributed by atoms with E-state index in [1.165, 1.54) is 11.8 Å². The van der Waals surface area contributed by atoms with Crippen LogP contribution in [0.25, 0.3) is 0 Å². The second-order valence-corrected chi connectivity index (χ2v) is 8.97. The summed E-state index contributed by atoms with van der Waals surface area (Å²) in [5, 5.41) is 5.93. The Morgan fingerprint density at radius 3 is 2.45 bits per heavy atom. The molecule has 2 aromatic carbocycles. The fourth-order valence-corrected chi connectivity index (χ4v) is 4.28. The Hall–Kier alpha value is -2.35. The molecule has 2 amide bonds. The van der Waals surface area contributed by atoms with E-state index in [0.29, 0.717) is 12.1 Å². The average Bonchev–Trinajstić information content (AvgIpc) is 2.78. The van der Waals surface area contributed by atoms with Gasteiger partial charge in [-0.1, -0.05) is 29.8 Å². The van der Waals surface area contributed by atoms with Gasteiger partial charge in [0.2, 0.25) is 5.91 Å². The maximum Gasteiger partial charge on any atom is 0.252 e. The van der Waals surface area contributed by atoms with E-state index in [-0.39, 0.29) is 17.6 Å². The van der Waals surface area contributed by atoms with E-state index >= 15 is 0 Å². The number of nitrogens with zero attached hydrogens (tertiary/aromatic N) is 2. The number of hydrogen-bond donors (Lipinski definition) is 2. The van der Waals surface area contributed by atoms with Gasteiger partial charge in [0.1, 0.15) is 0 Å². The quantitative estimate of drug-likeness (QED) is 0.463. The summed E-state index contributed by atoms with van der Waals surface area (Å²) in [6, 6.07) is 15.2. The Morgan fingerprint density at radius 2 is 1.71 bits per heavy atom. The molecule has 1 fully saturated rings. The zero-order valence-corrected chi connectivity index (χ0v) is 19.2. The average molecular weight is 441 g/mol. The number of anilines is 1. The molecule has 0 aliphatic carbocycles. The van der Waals surface area contributed by atoms with Gasteiger partial charge < -0.3 is 20.4 Å². The van der Waals surface area contributed by atoms with Crippen molar-refractivity contribution >= 4 is 29.3 Å². The molecule has 1 saturated heterocycles. The Bertz CT molecular complexity index is 864. The molecule has 0 bridgehead atoms. The molecule has 2 aromatic rings. The molecule has 2 N–H and O–H groups in total. The monoisotopic (exact) mass is 440 g/mol. The van der Waals surface area contributed by atoms with E-state index in [1.807, 2.05) is 55.5 Å². The van der Waals surface area contributed by atoms with E-state index in [1.54, 1.807) is 0 Å². The van der Waals surface area contributed by atoms with Crippen LogP contribution < -0.4 is 10.6 Å². The summed E-state index contributed by atoms with van der Waals surface area (Å²) in [5.41, 5.74) is 2.55. The lowest BCUT2D eigenvalue weighted by molar-refractivity contribution is -0.113. The number of amides is 2. The number of hydrogen-bond acceptors (Lipinski definition) is 5. The van der Waals surface area contributed by atoms with Gasteiger partial charge in [0, 0.05) is 43.3 Å². The van der Waals surface area contributed by atoms with E-state index in [2.05, 4.69) is 27.5 Å². The highest BCUT2D eigenvalue weighted by Gasteiger charge is 2.15. The smallest absolute Gasteiger partial charge is 0.252 e. The van der Waals surface area contributed by atoms with E-state index in [9.17, 15) is 9.59 Å². The van der Waals surface area contributed by atoms with Crippen LogP contribution in [0.1, 0.15) is 22.3 Å². The third-order valence-corrected chi connectivity index (χ3v) is 6.43. The standard InChI is InChI=1S/C24H32N4O2S/c1-19-8-10-20(11-9-19)26-23(29)18-31-22-7-4-3-6-21(22)24(30)25-12-5-13-28-16-14-27(2)15-17-28/h3-4,6-11H,5,12-18H2,1-2H3,(H,25,30)(H,26,29). The molecule has 166 valence electrons. The lowest BCUT2D eigenvalue weighted by Crippen LogP contribution is -2.45. The van der Waals surface area contributed by atoms with Crippen LogP contribution in [0.4, 0.5) is 5.69 Å². The summed E-state index contributed by atoms with van der Waals surface area (Å²) < 4.78 is 0. The van der Waals surface area contributed by atoms with Crippen LogP contribution in [0.5, 0.6) is 0 Å². The molecule has 0 saturated carbocycles. The summed E-state index contributed by atoms with van der Waals surface area (Å²) in [7, 11) is 2.15. The van der Waals surface area contributed by atoms with Crippen LogP contribution >= 0.6 is 11.8 Å². The first-order chi connectivity index (χ1) is 15.0. The SMILES string of the molecule is Cc1ccc(NC(=O)CSc2ccccc2C(=O)NCCCN2CCN(C)CC2)cc1. The molecule has 0 spiro atoms. The molecule has 1 heterocycles. The predicted molar refractivity (Wildman–Crippen MR) is 128 cm³/mol. The van der Waals surface area contributed by atoms with Gasteiger partial charge in [0.05, 0.1) is 11.3 Å². The van der Waals surface area contributed by atoms with Crippen molar-refractivity contribution in [3.8, 4) is 0 Å². The van der Waals surface area contributed by atoms with Crippen molar-refractivity contribution in [2.45, 2.75) is 18.2 Å². The van der Waals surface area contributed by atoms with Crippen LogP contribution in [-0.2, 0) is 4.79 Å². The molecule has 0 atom stereocenters. The van der Waals surface area contributed by atoms with Crippen molar-refractivity contribution in [2.75, 3.05) is 57.4 Å². The highest BCUT2D eigenvalue weighted by atomic mass is 32.2. The van der Waals surface area contributed by atoms with Crippen molar-refractivity contribution in [1.82, 2.24) is 15.1 Å². The third-order valence-electron chi connectivity index (χ3n) is 5.36. The first-order valence-electron chi connectivity index (χ1n) is 10.8. The summed E-state index contributed by atoms with van der Waals surface area (Å²) >= 11 is 1.38. The van der Waals surface area contributed by atoms with Crippen molar-refractivity contribution in [3.63, 3.8) is 0 Å². The fraction of sp³-hybridized carbons (Fsp3) is 0.417. The minimum atomic E-state index is -0.0868. The van der Waals surface area contributed by atoms with Crippen LogP contribution in [-0.4, -0.2) is 73.7 Å². The molecular formula is C24H32N4O2S. The fourth-order valence-electron chi connectivity index (χ4n) is 3.43. The number of carbonyl (C=O) groups excluding carboxylic acids is 2. The Morgan fingerprint density at radius 1 is 1.00 bits per heavy atom. The lowest BCUT2D eigenvalue weighted by atomic mass is 10.2. The largest absolute Gasteiger partial charge is 0.352 e. The Labute approximate surface area is 189 Å². The van der Waals surface area contributed by atoms with Gasteiger partial charge in [-0.3, -0.25) is 9.59 Å². The summed E-state index contributed by atoms with van der Waals surface area (Å²) in [6.45, 7) is 8.06. The molecule has 0 aromatic heterocycles. The van der Waals surface area contributed by atoms with Gasteiger partial charge in [0.15, 0.2) is 0 Å². The second kappa shape index (κ2) is 11.9. The molecule has 3 rings (SSSR count). The number of aryl methyl sites for hydroxylation is 1. The van der Waals surface area contributed by atoms with Crippen molar-refractivity contribution in [1.29, 1.82) is 0 Å². The number of thioether (sulfide) groups is 1. The number of nitrogens with one attached hydrogen (secondary N) is 2. The van der Waals surface area contributed by atoms with Gasteiger partial charge in [-0.2, -0.15) is 0 Å². The zero-order chi connectivity index (χ0) is 22.1. The first-order valence-corrected chi connectivity index (χ1v) is 11.8. The maximum absolute atomic E-state index is 12.7. The van der Waals surface area contributed by atoms with Crippen molar-refractivity contribution in [2.24, 2.45) is 0 Å². The second-order valence-electron chi connectivity index (χ2n) is 7.95. The van der Waals surface area contributed by atoms with Gasteiger partial charge in [-0.25, -0.2) is 0 Å². The molecule has 0 radical (unpaired) electrons. The molecule has 7 heteroatoms. The zero-order valence-electron chi connectivity index (χ0n) is 18.4. The molecule has 31 heavy (non-hydrogen) atoms. The van der Waals surface area contributed by atoms with Gasteiger partial charge in [-0.15, -0.1) is 11.8 Å². The van der Waals surface area contributed by atoms with Crippen LogP contribution in [0, 0.1) is 6.92 Å². The van der Waals surface area contributed by atoms with Crippen molar-refractivity contribution in [3.05, 3.63) is 59.7 Å². The summed E-state index contributed by atoms with van der Waals surface area (Å²) in [5.74, 6) is 0.0818. The predicted octanol–water partition coefficient (Wildman–Crippen LogP) is 3.09. The number of benzene rings is 2. The van der Waals surface area contributed by atoms with Crippen LogP contribution in [0.2, 0.25) is 0 Å². The van der Waals surface area contributed by atoms with Gasteiger partial charge >= 0.3 is 0 Å². The first kappa shape index (κ1) is 23.3. The van der Waals surface area contributed by atoms with E-state index in [4.69, 9.17) is 0 Å².